The van der Waals surface area contributed by atoms with Gasteiger partial charge in [-0.25, -0.2) is 9.13 Å². The van der Waals surface area contributed by atoms with Crippen LogP contribution in [0.15, 0.2) is 12.4 Å². The van der Waals surface area contributed by atoms with E-state index in [9.17, 15) is 0 Å². The Balaban J connectivity index is 2.23. The van der Waals surface area contributed by atoms with Crippen LogP contribution in [0.1, 0.15) is 296 Å². The molecule has 1 rings (SSSR count). The lowest BCUT2D eigenvalue weighted by Gasteiger charge is -2.07. The quantitative estimate of drug-likeness (QED) is 0.0465. The molecule has 0 N–H and O–H groups in total. The number of nitrogens with zero attached hydrogens (tertiary/aromatic N) is 2. The fourth-order valence-electron chi connectivity index (χ4n) is 8.62. The van der Waals surface area contributed by atoms with Crippen LogP contribution in [0.25, 0.3) is 0 Å². The zero-order chi connectivity index (χ0) is 38.0. The van der Waals surface area contributed by atoms with Crippen LogP contribution in [0.2, 0.25) is 0 Å². The lowest BCUT2D eigenvalue weighted by Crippen LogP contribution is -2.37. The van der Waals surface area contributed by atoms with Gasteiger partial charge in [-0.3, -0.25) is 0 Å². The highest BCUT2D eigenvalue weighted by molar-refractivity contribution is 4.84. The Kier molecular flexibility index (Phi) is 40.1. The van der Waals surface area contributed by atoms with Gasteiger partial charge in [0.1, 0.15) is 12.4 Å². The molecule has 0 atom stereocenters. The summed E-state index contributed by atoms with van der Waals surface area (Å²) in [5.41, 5.74) is 0. The lowest BCUT2D eigenvalue weighted by atomic mass is 10.0. The second-order valence-electron chi connectivity index (χ2n) is 17.6. The Labute approximate surface area is 336 Å². The van der Waals surface area contributed by atoms with Crippen LogP contribution in [0.4, 0.5) is 0 Å². The Morgan fingerprint density at radius 3 is 0.906 bits per heavy atom. The molecule has 0 spiro atoms. The van der Waals surface area contributed by atoms with E-state index in [2.05, 4.69) is 42.3 Å². The number of imidazole rings is 1. The van der Waals surface area contributed by atoms with Gasteiger partial charge in [0.25, 0.3) is 5.82 Å². The molecule has 314 valence electrons. The van der Waals surface area contributed by atoms with E-state index in [1.807, 2.05) is 0 Å². The molecule has 0 unspecified atom stereocenters. The maximum absolute atomic E-state index is 2.66. The van der Waals surface area contributed by atoms with E-state index in [1.54, 1.807) is 5.82 Å². The van der Waals surface area contributed by atoms with Gasteiger partial charge in [0.05, 0.1) is 13.1 Å². The SMILES string of the molecule is CCCCCCCCCCCCCCCCCCc1n(CCCCCCCCCCCC)cc[n+]1CCCCCCCCCCCCCCCCCC. The molecule has 0 aliphatic heterocycles. The van der Waals surface area contributed by atoms with Crippen LogP contribution in [-0.4, -0.2) is 4.57 Å². The van der Waals surface area contributed by atoms with E-state index >= 15 is 0 Å². The monoisotopic (exact) mass is 742 g/mol. The van der Waals surface area contributed by atoms with Crippen LogP contribution in [-0.2, 0) is 19.5 Å². The number of unbranched alkanes of at least 4 members (excludes halogenated alkanes) is 39. The fraction of sp³-hybridized carbons (Fsp3) is 0.941. The number of hydrogen-bond acceptors (Lipinski definition) is 0. The van der Waals surface area contributed by atoms with Gasteiger partial charge in [-0.15, -0.1) is 0 Å². The first kappa shape index (κ1) is 50.2. The number of aryl methyl sites for hydroxylation is 2. The van der Waals surface area contributed by atoms with E-state index in [-0.39, 0.29) is 0 Å². The van der Waals surface area contributed by atoms with E-state index in [0.717, 1.165) is 0 Å². The standard InChI is InChI=1S/C51H101N2/c1-4-7-10-13-16-19-22-24-26-28-30-32-34-37-40-43-46-51-52(47-44-41-38-35-21-18-15-12-9-6-3)49-50-53(51)48-45-42-39-36-33-31-29-27-25-23-20-17-14-11-8-5-2/h49-50H,4-48H2,1-3H3/q+1. The van der Waals surface area contributed by atoms with Crippen LogP contribution in [0, 0.1) is 0 Å². The highest BCUT2D eigenvalue weighted by atomic mass is 15.1. The van der Waals surface area contributed by atoms with Crippen molar-refractivity contribution in [3.05, 3.63) is 18.2 Å². The lowest BCUT2D eigenvalue weighted by molar-refractivity contribution is -0.704. The van der Waals surface area contributed by atoms with Gasteiger partial charge in [0.15, 0.2) is 0 Å². The van der Waals surface area contributed by atoms with Crippen molar-refractivity contribution in [3.8, 4) is 0 Å². The maximum atomic E-state index is 2.66. The molecule has 1 heterocycles. The molecular weight excluding hydrogens is 641 g/mol. The zero-order valence-electron chi connectivity index (χ0n) is 37.4. The van der Waals surface area contributed by atoms with Gasteiger partial charge in [0.2, 0.25) is 0 Å². The highest BCUT2D eigenvalue weighted by Crippen LogP contribution is 2.17. The Bertz CT molecular complexity index is 811. The molecule has 0 aliphatic rings. The van der Waals surface area contributed by atoms with Crippen molar-refractivity contribution in [3.63, 3.8) is 0 Å². The summed E-state index contributed by atoms with van der Waals surface area (Å²) in [5, 5.41) is 0. The first-order chi connectivity index (χ1) is 26.3. The zero-order valence-corrected chi connectivity index (χ0v) is 37.4. The van der Waals surface area contributed by atoms with Crippen molar-refractivity contribution in [2.45, 2.75) is 310 Å². The summed E-state index contributed by atoms with van der Waals surface area (Å²) >= 11 is 0. The van der Waals surface area contributed by atoms with Crippen molar-refractivity contribution in [2.24, 2.45) is 0 Å². The summed E-state index contributed by atoms with van der Waals surface area (Å²) in [6.07, 6.45) is 66.8. The topological polar surface area (TPSA) is 8.81 Å². The van der Waals surface area contributed by atoms with Gasteiger partial charge in [-0.05, 0) is 32.1 Å². The Morgan fingerprint density at radius 1 is 0.321 bits per heavy atom. The second kappa shape index (κ2) is 42.4. The molecular formula is C51H101N2+. The van der Waals surface area contributed by atoms with Crippen LogP contribution in [0.3, 0.4) is 0 Å². The van der Waals surface area contributed by atoms with Crippen molar-refractivity contribution < 1.29 is 4.57 Å². The summed E-state index contributed by atoms with van der Waals surface area (Å²) in [6, 6.07) is 0. The van der Waals surface area contributed by atoms with Gasteiger partial charge in [0, 0.05) is 6.42 Å². The van der Waals surface area contributed by atoms with E-state index in [0.29, 0.717) is 0 Å². The van der Waals surface area contributed by atoms with Crippen molar-refractivity contribution in [1.29, 1.82) is 0 Å². The van der Waals surface area contributed by atoms with Crippen LogP contribution >= 0.6 is 0 Å². The highest BCUT2D eigenvalue weighted by Gasteiger charge is 2.16. The molecule has 0 saturated heterocycles. The molecule has 2 heteroatoms. The van der Waals surface area contributed by atoms with Crippen LogP contribution < -0.4 is 4.57 Å². The predicted molar refractivity (Wildman–Crippen MR) is 239 cm³/mol. The fourth-order valence-corrected chi connectivity index (χ4v) is 8.62. The third-order valence-corrected chi connectivity index (χ3v) is 12.3. The van der Waals surface area contributed by atoms with Crippen molar-refractivity contribution in [2.75, 3.05) is 0 Å². The predicted octanol–water partition coefficient (Wildman–Crippen LogP) is 17.8. The third kappa shape index (κ3) is 34.2. The van der Waals surface area contributed by atoms with Crippen molar-refractivity contribution >= 4 is 0 Å². The Morgan fingerprint density at radius 2 is 0.585 bits per heavy atom. The molecule has 0 fully saturated rings. The largest absolute Gasteiger partial charge is 0.256 e. The molecule has 0 bridgehead atoms. The molecule has 0 aliphatic carbocycles. The summed E-state index contributed by atoms with van der Waals surface area (Å²) in [7, 11) is 0. The first-order valence-corrected chi connectivity index (χ1v) is 25.4. The van der Waals surface area contributed by atoms with Gasteiger partial charge >= 0.3 is 0 Å². The molecule has 2 nitrogen and oxygen atoms in total. The van der Waals surface area contributed by atoms with E-state index in [4.69, 9.17) is 0 Å². The van der Waals surface area contributed by atoms with Gasteiger partial charge < -0.3 is 0 Å². The van der Waals surface area contributed by atoms with Crippen LogP contribution in [0.5, 0.6) is 0 Å². The van der Waals surface area contributed by atoms with Gasteiger partial charge in [-0.2, -0.15) is 0 Å². The number of hydrogen-bond donors (Lipinski definition) is 0. The summed E-state index contributed by atoms with van der Waals surface area (Å²) in [4.78, 5) is 0. The normalized spacial score (nSPS) is 11.7. The second-order valence-corrected chi connectivity index (χ2v) is 17.6. The smallest absolute Gasteiger partial charge is 0.234 e. The Hall–Kier alpha value is -0.790. The molecule has 1 aromatic rings. The average Bonchev–Trinajstić information content (AvgIpc) is 3.55. The molecule has 0 amide bonds. The molecule has 0 aromatic carbocycles. The summed E-state index contributed by atoms with van der Waals surface area (Å²) in [6.45, 7) is 9.42. The van der Waals surface area contributed by atoms with E-state index < -0.39 is 0 Å². The van der Waals surface area contributed by atoms with Crippen molar-refractivity contribution in [1.82, 2.24) is 4.57 Å². The third-order valence-electron chi connectivity index (χ3n) is 12.3. The number of rotatable bonds is 45. The summed E-state index contributed by atoms with van der Waals surface area (Å²) in [5.74, 6) is 1.63. The first-order valence-electron chi connectivity index (χ1n) is 25.4. The minimum atomic E-state index is 1.23. The molecule has 1 aromatic heterocycles. The average molecular weight is 742 g/mol. The maximum Gasteiger partial charge on any atom is 0.256 e. The molecule has 53 heavy (non-hydrogen) atoms. The van der Waals surface area contributed by atoms with E-state index in [1.165, 1.54) is 289 Å². The minimum Gasteiger partial charge on any atom is -0.234 e. The van der Waals surface area contributed by atoms with Gasteiger partial charge in [-0.1, -0.05) is 258 Å². The summed E-state index contributed by atoms with van der Waals surface area (Å²) < 4.78 is 5.31. The minimum absolute atomic E-state index is 1.23. The molecule has 0 saturated carbocycles. The molecule has 0 radical (unpaired) electrons. The number of aromatic nitrogens is 2.